The molecular formula is C8H18N2. The largest absolute Gasteiger partial charge is 0.317 e. The highest BCUT2D eigenvalue weighted by atomic mass is 15.1. The van der Waals surface area contributed by atoms with Gasteiger partial charge in [-0.25, -0.2) is 0 Å². The van der Waals surface area contributed by atoms with Crippen molar-refractivity contribution in [2.75, 3.05) is 33.2 Å². The summed E-state index contributed by atoms with van der Waals surface area (Å²) in [6, 6.07) is 0. The molecule has 0 saturated carbocycles. The third kappa shape index (κ3) is 2.27. The van der Waals surface area contributed by atoms with Crippen LogP contribution in [0.4, 0.5) is 0 Å². The van der Waals surface area contributed by atoms with Gasteiger partial charge in [0, 0.05) is 6.54 Å². The Morgan fingerprint density at radius 1 is 1.60 bits per heavy atom. The third-order valence-electron chi connectivity index (χ3n) is 2.17. The Labute approximate surface area is 63.6 Å². The predicted octanol–water partition coefficient (Wildman–Crippen LogP) is 0.548. The van der Waals surface area contributed by atoms with Gasteiger partial charge in [-0.05, 0) is 39.0 Å². The highest BCUT2D eigenvalue weighted by Crippen LogP contribution is 2.12. The Balaban J connectivity index is 2.06. The number of hydrogen-bond donors (Lipinski definition) is 1. The van der Waals surface area contributed by atoms with E-state index in [1.54, 1.807) is 0 Å². The second-order valence-corrected chi connectivity index (χ2v) is 3.22. The van der Waals surface area contributed by atoms with Crippen molar-refractivity contribution in [2.45, 2.75) is 13.3 Å². The van der Waals surface area contributed by atoms with Crippen molar-refractivity contribution in [1.82, 2.24) is 10.2 Å². The Morgan fingerprint density at radius 3 is 2.90 bits per heavy atom. The van der Waals surface area contributed by atoms with E-state index in [0.29, 0.717) is 0 Å². The molecule has 0 spiro atoms. The molecule has 2 nitrogen and oxygen atoms in total. The van der Waals surface area contributed by atoms with Crippen LogP contribution in [0, 0.1) is 5.92 Å². The minimum absolute atomic E-state index is 0.907. The Bertz CT molecular complexity index is 93.3. The first-order valence-electron chi connectivity index (χ1n) is 4.22. The number of nitrogens with one attached hydrogen (secondary N) is 1. The molecule has 0 aromatic rings. The minimum atomic E-state index is 0.907. The fourth-order valence-electron chi connectivity index (χ4n) is 1.54. The molecule has 0 radical (unpaired) electrons. The van der Waals surface area contributed by atoms with E-state index in [1.165, 1.54) is 26.1 Å². The van der Waals surface area contributed by atoms with Crippen molar-refractivity contribution in [3.8, 4) is 0 Å². The van der Waals surface area contributed by atoms with Gasteiger partial charge in [-0.15, -0.1) is 0 Å². The zero-order valence-corrected chi connectivity index (χ0v) is 7.06. The summed E-state index contributed by atoms with van der Waals surface area (Å²) in [4.78, 5) is 2.40. The molecule has 1 heterocycles. The van der Waals surface area contributed by atoms with E-state index >= 15 is 0 Å². The normalized spacial score (nSPS) is 27.6. The van der Waals surface area contributed by atoms with Gasteiger partial charge in [0.15, 0.2) is 0 Å². The summed E-state index contributed by atoms with van der Waals surface area (Å²) in [7, 11) is 2.20. The van der Waals surface area contributed by atoms with Crippen molar-refractivity contribution in [1.29, 1.82) is 0 Å². The average Bonchev–Trinajstić information content (AvgIpc) is 2.31. The van der Waals surface area contributed by atoms with Gasteiger partial charge in [-0.2, -0.15) is 0 Å². The van der Waals surface area contributed by atoms with Crippen molar-refractivity contribution in [3.05, 3.63) is 0 Å². The molecule has 1 fully saturated rings. The first-order valence-corrected chi connectivity index (χ1v) is 4.22. The zero-order valence-electron chi connectivity index (χ0n) is 7.06. The summed E-state index contributed by atoms with van der Waals surface area (Å²) in [5, 5.41) is 3.38. The molecule has 0 aliphatic carbocycles. The summed E-state index contributed by atoms with van der Waals surface area (Å²) in [6.45, 7) is 7.06. The van der Waals surface area contributed by atoms with Crippen molar-refractivity contribution >= 4 is 0 Å². The SMILES string of the molecule is CCNC[C@H]1CCN(C)C1. The van der Waals surface area contributed by atoms with Gasteiger partial charge in [0.2, 0.25) is 0 Å². The molecular weight excluding hydrogens is 124 g/mol. The first kappa shape index (κ1) is 8.02. The summed E-state index contributed by atoms with van der Waals surface area (Å²) in [5.41, 5.74) is 0. The molecule has 1 saturated heterocycles. The van der Waals surface area contributed by atoms with Crippen LogP contribution in [0.2, 0.25) is 0 Å². The maximum absolute atomic E-state index is 3.38. The van der Waals surface area contributed by atoms with Crippen LogP contribution >= 0.6 is 0 Å². The molecule has 1 atom stereocenters. The lowest BCUT2D eigenvalue weighted by Crippen LogP contribution is -2.24. The molecule has 0 unspecified atom stereocenters. The fourth-order valence-corrected chi connectivity index (χ4v) is 1.54. The van der Waals surface area contributed by atoms with Gasteiger partial charge >= 0.3 is 0 Å². The second kappa shape index (κ2) is 3.94. The molecule has 1 aliphatic heterocycles. The number of nitrogens with zero attached hydrogens (tertiary/aromatic N) is 1. The molecule has 0 aromatic carbocycles. The highest BCUT2D eigenvalue weighted by Gasteiger charge is 2.17. The van der Waals surface area contributed by atoms with Gasteiger partial charge < -0.3 is 10.2 Å². The molecule has 0 bridgehead atoms. The first-order chi connectivity index (χ1) is 4.83. The highest BCUT2D eigenvalue weighted by molar-refractivity contribution is 4.74. The molecule has 0 aromatic heterocycles. The van der Waals surface area contributed by atoms with Crippen LogP contribution in [0.25, 0.3) is 0 Å². The molecule has 60 valence electrons. The van der Waals surface area contributed by atoms with E-state index in [9.17, 15) is 0 Å². The Morgan fingerprint density at radius 2 is 2.40 bits per heavy atom. The van der Waals surface area contributed by atoms with Crippen molar-refractivity contribution in [3.63, 3.8) is 0 Å². The van der Waals surface area contributed by atoms with Crippen LogP contribution in [-0.2, 0) is 0 Å². The van der Waals surface area contributed by atoms with Crippen LogP contribution in [0.1, 0.15) is 13.3 Å². The second-order valence-electron chi connectivity index (χ2n) is 3.22. The lowest BCUT2D eigenvalue weighted by molar-refractivity contribution is 0.389. The van der Waals surface area contributed by atoms with E-state index in [2.05, 4.69) is 24.2 Å². The number of rotatable bonds is 3. The summed E-state index contributed by atoms with van der Waals surface area (Å²) >= 11 is 0. The monoisotopic (exact) mass is 142 g/mol. The Hall–Kier alpha value is -0.0800. The van der Waals surface area contributed by atoms with Crippen LogP contribution in [0.3, 0.4) is 0 Å². The van der Waals surface area contributed by atoms with Gasteiger partial charge in [-0.3, -0.25) is 0 Å². The number of hydrogen-bond acceptors (Lipinski definition) is 2. The van der Waals surface area contributed by atoms with E-state index < -0.39 is 0 Å². The summed E-state index contributed by atoms with van der Waals surface area (Å²) in [6.07, 6.45) is 1.38. The summed E-state index contributed by atoms with van der Waals surface area (Å²) < 4.78 is 0. The fraction of sp³-hybridized carbons (Fsp3) is 1.00. The molecule has 2 heteroatoms. The zero-order chi connectivity index (χ0) is 7.40. The summed E-state index contributed by atoms with van der Waals surface area (Å²) in [5.74, 6) is 0.907. The topological polar surface area (TPSA) is 15.3 Å². The third-order valence-corrected chi connectivity index (χ3v) is 2.17. The minimum Gasteiger partial charge on any atom is -0.317 e. The number of likely N-dealkylation sites (tertiary alicyclic amines) is 1. The van der Waals surface area contributed by atoms with Crippen molar-refractivity contribution < 1.29 is 0 Å². The van der Waals surface area contributed by atoms with E-state index in [4.69, 9.17) is 0 Å². The van der Waals surface area contributed by atoms with Crippen LogP contribution in [0.5, 0.6) is 0 Å². The molecule has 1 N–H and O–H groups in total. The Kier molecular flexibility index (Phi) is 3.16. The molecule has 0 amide bonds. The maximum Gasteiger partial charge on any atom is 0.00192 e. The predicted molar refractivity (Wildman–Crippen MR) is 44.1 cm³/mol. The van der Waals surface area contributed by atoms with E-state index in [1.807, 2.05) is 0 Å². The average molecular weight is 142 g/mol. The van der Waals surface area contributed by atoms with Crippen LogP contribution < -0.4 is 5.32 Å². The van der Waals surface area contributed by atoms with Crippen molar-refractivity contribution in [2.24, 2.45) is 5.92 Å². The van der Waals surface area contributed by atoms with Gasteiger partial charge in [-0.1, -0.05) is 6.92 Å². The standard InChI is InChI=1S/C8H18N2/c1-3-9-6-8-4-5-10(2)7-8/h8-9H,3-7H2,1-2H3/t8-/m1/s1. The molecule has 1 rings (SSSR count). The van der Waals surface area contributed by atoms with E-state index in [-0.39, 0.29) is 0 Å². The van der Waals surface area contributed by atoms with Crippen LogP contribution in [-0.4, -0.2) is 38.1 Å². The quantitative estimate of drug-likeness (QED) is 0.619. The molecule has 1 aliphatic rings. The smallest absolute Gasteiger partial charge is 0.00192 e. The van der Waals surface area contributed by atoms with Crippen LogP contribution in [0.15, 0.2) is 0 Å². The van der Waals surface area contributed by atoms with Gasteiger partial charge in [0.25, 0.3) is 0 Å². The van der Waals surface area contributed by atoms with E-state index in [0.717, 1.165) is 12.5 Å². The maximum atomic E-state index is 3.38. The lowest BCUT2D eigenvalue weighted by Gasteiger charge is -2.09. The molecule has 10 heavy (non-hydrogen) atoms. The van der Waals surface area contributed by atoms with Gasteiger partial charge in [0.1, 0.15) is 0 Å². The van der Waals surface area contributed by atoms with Gasteiger partial charge in [0.05, 0.1) is 0 Å². The lowest BCUT2D eigenvalue weighted by atomic mass is 10.1.